The Labute approximate surface area is 292 Å². The van der Waals surface area contributed by atoms with Gasteiger partial charge >= 0.3 is 0 Å². The number of aryl methyl sites for hydroxylation is 1. The predicted octanol–water partition coefficient (Wildman–Crippen LogP) is 6.35. The second-order valence-electron chi connectivity index (χ2n) is 13.4. The van der Waals surface area contributed by atoms with E-state index in [-0.39, 0.29) is 29.8 Å². The van der Waals surface area contributed by atoms with Crippen LogP contribution in [0.15, 0.2) is 51.2 Å². The van der Waals surface area contributed by atoms with Gasteiger partial charge in [-0.1, -0.05) is 72.7 Å². The molecule has 0 radical (unpaired) electrons. The third-order valence-electron chi connectivity index (χ3n) is 9.70. The molecule has 1 unspecified atom stereocenters. The fourth-order valence-corrected chi connectivity index (χ4v) is 8.85. The quantitative estimate of drug-likeness (QED) is 0.226. The number of aliphatic imine (C=N–C) groups is 1. The van der Waals surface area contributed by atoms with E-state index in [4.69, 9.17) is 9.73 Å². The minimum Gasteiger partial charge on any atom is -0.455 e. The van der Waals surface area contributed by atoms with Gasteiger partial charge in [0.05, 0.1) is 12.3 Å². The van der Waals surface area contributed by atoms with Gasteiger partial charge in [0, 0.05) is 47.9 Å². The number of carbonyl (C=O) groups is 2. The molecule has 2 aliphatic heterocycles. The van der Waals surface area contributed by atoms with Crippen LogP contribution in [0.4, 0.5) is 0 Å². The van der Waals surface area contributed by atoms with Gasteiger partial charge in [0.1, 0.15) is 12.1 Å². The highest BCUT2D eigenvalue weighted by molar-refractivity contribution is 9.10. The molecule has 2 aromatic rings. The van der Waals surface area contributed by atoms with Crippen LogP contribution in [0.3, 0.4) is 0 Å². The number of unbranched alkanes of at least 4 members (excludes halogenated alkanes) is 1. The van der Waals surface area contributed by atoms with Crippen molar-refractivity contribution in [3.8, 4) is 0 Å². The molecule has 0 spiro atoms. The molecule has 258 valence electrons. The van der Waals surface area contributed by atoms with E-state index in [9.17, 15) is 18.0 Å². The molecule has 1 saturated heterocycles. The zero-order chi connectivity index (χ0) is 33.4. The summed E-state index contributed by atoms with van der Waals surface area (Å²) in [4.78, 5) is 38.4. The van der Waals surface area contributed by atoms with Gasteiger partial charge in [-0.15, -0.1) is 11.3 Å². The van der Waals surface area contributed by atoms with Crippen molar-refractivity contribution in [3.05, 3.63) is 56.7 Å². The number of nitrogens with zero attached hydrogens (tertiary/aromatic N) is 3. The first-order valence-electron chi connectivity index (χ1n) is 17.1. The van der Waals surface area contributed by atoms with E-state index in [1.807, 2.05) is 41.5 Å². The minimum absolute atomic E-state index is 0.0652. The van der Waals surface area contributed by atoms with Crippen LogP contribution in [-0.2, 0) is 30.8 Å². The number of halogens is 1. The number of hydrogen-bond acceptors (Lipinski definition) is 8. The van der Waals surface area contributed by atoms with Gasteiger partial charge in [-0.3, -0.25) is 9.59 Å². The smallest absolute Gasteiger partial charge is 0.288 e. The van der Waals surface area contributed by atoms with Crippen LogP contribution < -0.4 is 4.72 Å². The van der Waals surface area contributed by atoms with Crippen molar-refractivity contribution in [3.63, 3.8) is 0 Å². The molecule has 5 rings (SSSR count). The Morgan fingerprint density at radius 2 is 1.94 bits per heavy atom. The number of ether oxygens (including phenoxy) is 1. The third kappa shape index (κ3) is 10.4. The van der Waals surface area contributed by atoms with Crippen molar-refractivity contribution < 1.29 is 22.7 Å². The number of amidine groups is 1. The Morgan fingerprint density at radius 3 is 2.66 bits per heavy atom. The molecule has 1 aliphatic carbocycles. The lowest BCUT2D eigenvalue weighted by molar-refractivity contribution is -0.146. The number of carbonyl (C=O) groups excluding carboxylic acids is 2. The lowest BCUT2D eigenvalue weighted by Gasteiger charge is -2.42. The molecule has 1 saturated carbocycles. The number of nitrogens with one attached hydrogen (secondary N) is 1. The number of benzene rings is 1. The van der Waals surface area contributed by atoms with Gasteiger partial charge in [-0.05, 0) is 67.7 Å². The van der Waals surface area contributed by atoms with Crippen molar-refractivity contribution in [1.82, 2.24) is 14.5 Å². The Bertz CT molecular complexity index is 1480. The highest BCUT2D eigenvalue weighted by Gasteiger charge is 2.41. The second kappa shape index (κ2) is 16.9. The van der Waals surface area contributed by atoms with Gasteiger partial charge in [0.25, 0.3) is 6.02 Å². The summed E-state index contributed by atoms with van der Waals surface area (Å²) >= 11 is 5.21. The number of sulfonamides is 1. The standard InChI is InChI=1S/C35H49BrN4O5S2/c1-25-33(27-13-8-14-29(36)23-27)45-35(38-25)39-19-20-40(31(24-39)32(41)17-16-30-15-9-21-46-30)34(42)28(22-26-10-4-3-5-11-26)12-6-7-18-37-47(2,43)44/h8-9,13-15,21,23,25-26,28,31,33,37H,3-7,10-12,16-20,22,24H2,1-2H3/t25-,28?,31-,33+/m0/s1. The van der Waals surface area contributed by atoms with Crippen molar-refractivity contribution in [2.75, 3.05) is 32.4 Å². The maximum absolute atomic E-state index is 14.5. The maximum Gasteiger partial charge on any atom is 0.288 e. The highest BCUT2D eigenvalue weighted by atomic mass is 79.9. The normalized spacial score (nSPS) is 23.0. The fourth-order valence-electron chi connectivity index (χ4n) is 7.21. The highest BCUT2D eigenvalue weighted by Crippen LogP contribution is 2.34. The van der Waals surface area contributed by atoms with Crippen molar-refractivity contribution in [2.45, 2.75) is 95.7 Å². The van der Waals surface area contributed by atoms with E-state index < -0.39 is 16.1 Å². The average Bonchev–Trinajstić information content (AvgIpc) is 3.72. The molecule has 4 atom stereocenters. The maximum atomic E-state index is 14.5. The molecule has 3 aliphatic rings. The SMILES string of the molecule is C[C@@H]1N=C(N2CCN(C(=O)C(CCCCNS(C)(=O)=O)CC3CCCCC3)[C@H](C(=O)CCc3cccs3)C2)O[C@H]1c1cccc(Br)c1. The molecule has 1 aromatic carbocycles. The minimum atomic E-state index is -3.25. The second-order valence-corrected chi connectivity index (χ2v) is 17.2. The van der Waals surface area contributed by atoms with Gasteiger partial charge in [0.15, 0.2) is 5.78 Å². The van der Waals surface area contributed by atoms with Gasteiger partial charge in [0.2, 0.25) is 15.9 Å². The van der Waals surface area contributed by atoms with Crippen LogP contribution in [0.2, 0.25) is 0 Å². The largest absolute Gasteiger partial charge is 0.455 e. The van der Waals surface area contributed by atoms with Gasteiger partial charge < -0.3 is 14.5 Å². The first-order chi connectivity index (χ1) is 22.6. The summed E-state index contributed by atoms with van der Waals surface area (Å²) in [6.45, 7) is 3.76. The number of ketones is 1. The molecule has 12 heteroatoms. The van der Waals surface area contributed by atoms with Crippen LogP contribution in [0.5, 0.6) is 0 Å². The summed E-state index contributed by atoms with van der Waals surface area (Å²) in [6.07, 6.45) is 10.9. The third-order valence-corrected chi connectivity index (χ3v) is 11.9. The monoisotopic (exact) mass is 748 g/mol. The number of thiophene rings is 1. The van der Waals surface area contributed by atoms with Crippen LogP contribution in [0, 0.1) is 11.8 Å². The lowest BCUT2D eigenvalue weighted by atomic mass is 9.80. The molecule has 1 amide bonds. The number of hydrogen-bond donors (Lipinski definition) is 1. The predicted molar refractivity (Wildman–Crippen MR) is 191 cm³/mol. The van der Waals surface area contributed by atoms with Crippen molar-refractivity contribution in [2.24, 2.45) is 16.8 Å². The fraction of sp³-hybridized carbons (Fsp3) is 0.629. The number of rotatable bonds is 14. The average molecular weight is 750 g/mol. The Hall–Kier alpha value is -2.28. The summed E-state index contributed by atoms with van der Waals surface area (Å²) in [6, 6.07) is 12.0. The molecule has 9 nitrogen and oxygen atoms in total. The summed E-state index contributed by atoms with van der Waals surface area (Å²) in [7, 11) is -3.25. The zero-order valence-corrected chi connectivity index (χ0v) is 30.8. The Kier molecular flexibility index (Phi) is 12.9. The van der Waals surface area contributed by atoms with Gasteiger partial charge in [-0.25, -0.2) is 18.1 Å². The molecule has 3 heterocycles. The summed E-state index contributed by atoms with van der Waals surface area (Å²) in [5, 5.41) is 2.03. The summed E-state index contributed by atoms with van der Waals surface area (Å²) in [5.41, 5.74) is 1.04. The molecule has 47 heavy (non-hydrogen) atoms. The topological polar surface area (TPSA) is 108 Å². The first-order valence-corrected chi connectivity index (χ1v) is 20.7. The van der Waals surface area contributed by atoms with Crippen LogP contribution in [0.25, 0.3) is 0 Å². The van der Waals surface area contributed by atoms with E-state index in [1.165, 1.54) is 25.5 Å². The Morgan fingerprint density at radius 1 is 1.13 bits per heavy atom. The summed E-state index contributed by atoms with van der Waals surface area (Å²) in [5.74, 6) is 0.464. The lowest BCUT2D eigenvalue weighted by Crippen LogP contribution is -2.60. The van der Waals surface area contributed by atoms with Crippen molar-refractivity contribution in [1.29, 1.82) is 0 Å². The molecular formula is C35H49BrN4O5S2. The van der Waals surface area contributed by atoms with Crippen LogP contribution >= 0.6 is 27.3 Å². The summed E-state index contributed by atoms with van der Waals surface area (Å²) < 4.78 is 33.1. The van der Waals surface area contributed by atoms with Crippen molar-refractivity contribution >= 4 is 55.0 Å². The molecule has 1 N–H and O–H groups in total. The van der Waals surface area contributed by atoms with Crippen LogP contribution in [-0.4, -0.2) is 80.4 Å². The van der Waals surface area contributed by atoms with Gasteiger partial charge in [-0.2, -0.15) is 0 Å². The first kappa shape index (κ1) is 36.0. The number of piperazine rings is 1. The van der Waals surface area contributed by atoms with E-state index in [0.29, 0.717) is 63.8 Å². The molecule has 0 bridgehead atoms. The Balaban J connectivity index is 1.31. The molecular weight excluding hydrogens is 700 g/mol. The molecule has 1 aromatic heterocycles. The number of amides is 1. The van der Waals surface area contributed by atoms with E-state index >= 15 is 0 Å². The van der Waals surface area contributed by atoms with E-state index in [1.54, 1.807) is 11.3 Å². The van der Waals surface area contributed by atoms with E-state index in [2.05, 4.69) is 37.7 Å². The van der Waals surface area contributed by atoms with Crippen LogP contribution in [0.1, 0.15) is 87.7 Å². The number of Topliss-reactive ketones (excluding diaryl/α,β-unsaturated/α-hetero) is 1. The molecule has 2 fully saturated rings. The van der Waals surface area contributed by atoms with E-state index in [0.717, 1.165) is 40.6 Å². The zero-order valence-electron chi connectivity index (χ0n) is 27.6.